The second-order valence-corrected chi connectivity index (χ2v) is 10.1. The number of rotatable bonds is 6. The first-order chi connectivity index (χ1) is 13.8. The molecule has 0 N–H and O–H groups in total. The van der Waals surface area contributed by atoms with E-state index in [0.29, 0.717) is 17.6 Å². The number of allylic oxidation sites excluding steroid dienone is 1. The smallest absolute Gasteiger partial charge is 0.0411 e. The molecule has 3 atom stereocenters. The van der Waals surface area contributed by atoms with E-state index in [1.807, 2.05) is 0 Å². The lowest BCUT2D eigenvalue weighted by Gasteiger charge is -2.37. The molecule has 3 aromatic carbocycles. The predicted octanol–water partition coefficient (Wildman–Crippen LogP) is 5.37. The molecule has 0 aliphatic heterocycles. The van der Waals surface area contributed by atoms with Crippen molar-refractivity contribution in [1.29, 1.82) is 0 Å². The van der Waals surface area contributed by atoms with E-state index < -0.39 is 7.92 Å². The van der Waals surface area contributed by atoms with Gasteiger partial charge in [0.05, 0.1) is 0 Å². The van der Waals surface area contributed by atoms with E-state index in [1.54, 1.807) is 0 Å². The van der Waals surface area contributed by atoms with Crippen molar-refractivity contribution in [3.05, 3.63) is 109 Å². The third kappa shape index (κ3) is 3.97. The Morgan fingerprint density at radius 2 is 1.25 bits per heavy atom. The summed E-state index contributed by atoms with van der Waals surface area (Å²) in [5, 5.41) is 2.96. The average Bonchev–Trinajstić information content (AvgIpc) is 3.19. The molecule has 0 fully saturated rings. The first-order valence-corrected chi connectivity index (χ1v) is 11.4. The third-order valence-electron chi connectivity index (χ3n) is 5.64. The van der Waals surface area contributed by atoms with Crippen LogP contribution in [-0.4, -0.2) is 24.7 Å². The Balaban J connectivity index is 1.76. The van der Waals surface area contributed by atoms with E-state index in [4.69, 9.17) is 0 Å². The summed E-state index contributed by atoms with van der Waals surface area (Å²) in [6, 6.07) is 33.7. The molecule has 28 heavy (non-hydrogen) atoms. The Morgan fingerprint density at radius 3 is 1.75 bits per heavy atom. The molecule has 1 aliphatic rings. The lowest BCUT2D eigenvalue weighted by molar-refractivity contribution is 0.242. The van der Waals surface area contributed by atoms with Gasteiger partial charge in [-0.2, -0.15) is 0 Å². The van der Waals surface area contributed by atoms with Crippen LogP contribution in [0.1, 0.15) is 18.0 Å². The first kappa shape index (κ1) is 19.1. The van der Waals surface area contributed by atoms with Crippen LogP contribution in [0, 0.1) is 5.92 Å². The highest BCUT2D eigenvalue weighted by Gasteiger charge is 2.38. The Morgan fingerprint density at radius 1 is 0.750 bits per heavy atom. The van der Waals surface area contributed by atoms with Gasteiger partial charge in [0.2, 0.25) is 0 Å². The van der Waals surface area contributed by atoms with E-state index in [1.165, 1.54) is 16.2 Å². The molecule has 0 radical (unpaired) electrons. The van der Waals surface area contributed by atoms with Crippen molar-refractivity contribution in [3.8, 4) is 0 Å². The highest BCUT2D eigenvalue weighted by molar-refractivity contribution is 7.73. The third-order valence-corrected chi connectivity index (χ3v) is 8.57. The van der Waals surface area contributed by atoms with E-state index in [0.717, 1.165) is 6.42 Å². The molecule has 1 nitrogen and oxygen atoms in total. The van der Waals surface area contributed by atoms with Crippen LogP contribution in [0.15, 0.2) is 103 Å². The highest BCUT2D eigenvalue weighted by atomic mass is 31.1. The van der Waals surface area contributed by atoms with Crippen molar-refractivity contribution in [1.82, 2.24) is 4.90 Å². The molecule has 0 heterocycles. The second-order valence-electron chi connectivity index (χ2n) is 7.67. The Kier molecular flexibility index (Phi) is 6.05. The molecular formula is C26H28NP. The summed E-state index contributed by atoms with van der Waals surface area (Å²) in [4.78, 5) is 2.40. The van der Waals surface area contributed by atoms with Gasteiger partial charge in [-0.05, 0) is 50.3 Å². The molecular weight excluding hydrogens is 357 g/mol. The largest absolute Gasteiger partial charge is 0.302 e. The summed E-state index contributed by atoms with van der Waals surface area (Å²) >= 11 is 0. The first-order valence-electron chi connectivity index (χ1n) is 10.0. The van der Waals surface area contributed by atoms with Gasteiger partial charge < -0.3 is 4.90 Å². The Hall–Kier alpha value is -2.21. The van der Waals surface area contributed by atoms with E-state index in [-0.39, 0.29) is 0 Å². The number of hydrogen-bond donors (Lipinski definition) is 0. The van der Waals surface area contributed by atoms with E-state index in [9.17, 15) is 0 Å². The maximum absolute atomic E-state index is 2.48. The molecule has 142 valence electrons. The van der Waals surface area contributed by atoms with Crippen LogP contribution < -0.4 is 10.6 Å². The fourth-order valence-corrected chi connectivity index (χ4v) is 7.47. The number of nitrogens with zero attached hydrogens (tertiary/aromatic N) is 1. The van der Waals surface area contributed by atoms with Crippen LogP contribution in [-0.2, 0) is 0 Å². The molecule has 0 saturated carbocycles. The molecule has 0 spiro atoms. The van der Waals surface area contributed by atoms with Crippen molar-refractivity contribution in [2.24, 2.45) is 5.92 Å². The van der Waals surface area contributed by atoms with Crippen LogP contribution in [0.25, 0.3) is 0 Å². The van der Waals surface area contributed by atoms with Gasteiger partial charge in [-0.15, -0.1) is 0 Å². The fourth-order valence-electron chi connectivity index (χ4n) is 4.48. The van der Waals surface area contributed by atoms with Crippen LogP contribution in [0.5, 0.6) is 0 Å². The molecule has 1 aliphatic carbocycles. The lowest BCUT2D eigenvalue weighted by Crippen LogP contribution is -2.34. The topological polar surface area (TPSA) is 3.24 Å². The molecule has 0 bridgehead atoms. The molecule has 3 aromatic rings. The normalized spacial score (nSPS) is 20.0. The minimum atomic E-state index is -0.428. The quantitative estimate of drug-likeness (QED) is 0.407. The van der Waals surface area contributed by atoms with Gasteiger partial charge in [0, 0.05) is 12.0 Å². The van der Waals surface area contributed by atoms with Gasteiger partial charge in [-0.25, -0.2) is 0 Å². The van der Waals surface area contributed by atoms with Gasteiger partial charge in [0.25, 0.3) is 0 Å². The summed E-state index contributed by atoms with van der Waals surface area (Å²) in [6.45, 7) is 0. The molecule has 0 saturated heterocycles. The zero-order valence-electron chi connectivity index (χ0n) is 16.6. The van der Waals surface area contributed by atoms with Crippen molar-refractivity contribution < 1.29 is 0 Å². The van der Waals surface area contributed by atoms with Crippen molar-refractivity contribution in [2.75, 3.05) is 14.1 Å². The highest BCUT2D eigenvalue weighted by Crippen LogP contribution is 2.51. The van der Waals surface area contributed by atoms with Gasteiger partial charge >= 0.3 is 0 Å². The van der Waals surface area contributed by atoms with Crippen molar-refractivity contribution in [3.63, 3.8) is 0 Å². The van der Waals surface area contributed by atoms with E-state index >= 15 is 0 Å². The molecule has 0 amide bonds. The van der Waals surface area contributed by atoms with Gasteiger partial charge in [0.1, 0.15) is 0 Å². The van der Waals surface area contributed by atoms with Gasteiger partial charge in [0.15, 0.2) is 0 Å². The zero-order valence-corrected chi connectivity index (χ0v) is 17.5. The Bertz CT molecular complexity index is 850. The van der Waals surface area contributed by atoms with Crippen LogP contribution >= 0.6 is 7.92 Å². The monoisotopic (exact) mass is 385 g/mol. The van der Waals surface area contributed by atoms with Crippen molar-refractivity contribution >= 4 is 18.5 Å². The maximum Gasteiger partial charge on any atom is 0.0411 e. The zero-order chi connectivity index (χ0) is 19.3. The number of hydrogen-bond acceptors (Lipinski definition) is 1. The van der Waals surface area contributed by atoms with Crippen LogP contribution in [0.3, 0.4) is 0 Å². The fraction of sp³-hybridized carbons (Fsp3) is 0.231. The molecule has 0 aromatic heterocycles. The minimum Gasteiger partial charge on any atom is -0.302 e. The average molecular weight is 385 g/mol. The summed E-state index contributed by atoms with van der Waals surface area (Å²) in [5.74, 6) is 0.504. The maximum atomic E-state index is 2.48. The van der Waals surface area contributed by atoms with Gasteiger partial charge in [-0.1, -0.05) is 103 Å². The second kappa shape index (κ2) is 8.86. The molecule has 2 heteroatoms. The standard InChI is InChI=1S/C26H28NP/c1-27(2)26(21-13-6-3-7-14-21)24-19-12-20-25(24)28(22-15-8-4-9-16-22)23-17-10-5-11-18-23/h3-19,24-26H,20H2,1-2H3/t24-,25?,26?/m0/s1. The molecule has 2 unspecified atom stereocenters. The summed E-state index contributed by atoms with van der Waals surface area (Å²) in [5.41, 5.74) is 2.01. The van der Waals surface area contributed by atoms with Crippen LogP contribution in [0.2, 0.25) is 0 Å². The lowest BCUT2D eigenvalue weighted by atomic mass is 9.91. The molecule has 4 rings (SSSR count). The summed E-state index contributed by atoms with van der Waals surface area (Å²) in [7, 11) is 4.00. The summed E-state index contributed by atoms with van der Waals surface area (Å²) < 4.78 is 0. The van der Waals surface area contributed by atoms with Gasteiger partial charge in [-0.3, -0.25) is 0 Å². The SMILES string of the molecule is CN(C)C(c1ccccc1)[C@H]1C=CCC1P(c1ccccc1)c1ccccc1. The summed E-state index contributed by atoms with van der Waals surface area (Å²) in [6.07, 6.45) is 6.04. The minimum absolute atomic E-state index is 0.391. The van der Waals surface area contributed by atoms with Crippen molar-refractivity contribution in [2.45, 2.75) is 18.1 Å². The number of benzene rings is 3. The van der Waals surface area contributed by atoms with E-state index in [2.05, 4.69) is 122 Å². The predicted molar refractivity (Wildman–Crippen MR) is 123 cm³/mol. The Labute approximate surface area is 170 Å². The van der Waals surface area contributed by atoms with Crippen LogP contribution in [0.4, 0.5) is 0 Å².